The second-order valence-corrected chi connectivity index (χ2v) is 4.65. The molecule has 5 nitrogen and oxygen atoms in total. The molecule has 0 bridgehead atoms. The SMILES string of the molecule is CN(Cc1cccc(C#N)c1)c1ncnc(Cl)c1CO. The lowest BCUT2D eigenvalue weighted by atomic mass is 10.1. The molecule has 102 valence electrons. The van der Waals surface area contributed by atoms with E-state index in [0.717, 1.165) is 5.56 Å². The van der Waals surface area contributed by atoms with Crippen molar-refractivity contribution in [2.45, 2.75) is 13.2 Å². The van der Waals surface area contributed by atoms with Gasteiger partial charge in [-0.25, -0.2) is 9.97 Å². The summed E-state index contributed by atoms with van der Waals surface area (Å²) in [6.07, 6.45) is 1.36. The molecule has 1 heterocycles. The number of benzene rings is 1. The van der Waals surface area contributed by atoms with Crippen LogP contribution in [0.5, 0.6) is 0 Å². The van der Waals surface area contributed by atoms with E-state index in [1.165, 1.54) is 6.33 Å². The number of aliphatic hydroxyl groups is 1. The van der Waals surface area contributed by atoms with Crippen LogP contribution in [0.3, 0.4) is 0 Å². The minimum Gasteiger partial charge on any atom is -0.391 e. The number of nitrogens with zero attached hydrogens (tertiary/aromatic N) is 4. The first-order chi connectivity index (χ1) is 9.65. The van der Waals surface area contributed by atoms with Crippen molar-refractivity contribution in [2.75, 3.05) is 11.9 Å². The zero-order valence-electron chi connectivity index (χ0n) is 10.9. The monoisotopic (exact) mass is 288 g/mol. The van der Waals surface area contributed by atoms with Gasteiger partial charge in [0.1, 0.15) is 17.3 Å². The minimum atomic E-state index is -0.225. The Kier molecular flexibility index (Phi) is 4.51. The molecule has 1 N–H and O–H groups in total. The predicted octanol–water partition coefficient (Wildman–Crippen LogP) is 2.13. The van der Waals surface area contributed by atoms with Gasteiger partial charge in [-0.2, -0.15) is 5.26 Å². The smallest absolute Gasteiger partial charge is 0.140 e. The molecule has 1 aromatic heterocycles. The summed E-state index contributed by atoms with van der Waals surface area (Å²) in [4.78, 5) is 9.86. The number of hydrogen-bond donors (Lipinski definition) is 1. The molecular weight excluding hydrogens is 276 g/mol. The van der Waals surface area contributed by atoms with E-state index >= 15 is 0 Å². The topological polar surface area (TPSA) is 73.0 Å². The maximum Gasteiger partial charge on any atom is 0.140 e. The van der Waals surface area contributed by atoms with Crippen molar-refractivity contribution in [3.63, 3.8) is 0 Å². The Hall–Kier alpha value is -2.16. The highest BCUT2D eigenvalue weighted by atomic mass is 35.5. The van der Waals surface area contributed by atoms with E-state index in [2.05, 4.69) is 16.0 Å². The summed E-state index contributed by atoms with van der Waals surface area (Å²) in [5.41, 5.74) is 2.08. The van der Waals surface area contributed by atoms with Crippen molar-refractivity contribution in [1.29, 1.82) is 5.26 Å². The maximum atomic E-state index is 9.36. The molecule has 0 saturated heterocycles. The Labute approximate surface area is 122 Å². The normalized spacial score (nSPS) is 10.1. The fourth-order valence-electron chi connectivity index (χ4n) is 1.94. The molecule has 0 aliphatic heterocycles. The summed E-state index contributed by atoms with van der Waals surface area (Å²) in [7, 11) is 1.84. The van der Waals surface area contributed by atoms with Gasteiger partial charge < -0.3 is 10.0 Å². The lowest BCUT2D eigenvalue weighted by Gasteiger charge is -2.20. The molecule has 6 heteroatoms. The number of aromatic nitrogens is 2. The van der Waals surface area contributed by atoms with E-state index in [1.54, 1.807) is 6.07 Å². The first-order valence-electron chi connectivity index (χ1n) is 5.96. The van der Waals surface area contributed by atoms with Gasteiger partial charge >= 0.3 is 0 Å². The Morgan fingerprint density at radius 3 is 2.90 bits per heavy atom. The lowest BCUT2D eigenvalue weighted by Crippen LogP contribution is -2.20. The standard InChI is InChI=1S/C14H13ClN4O/c1-19(7-11-4-2-3-10(5-11)6-16)14-12(8-20)13(15)17-9-18-14/h2-5,9,20H,7-8H2,1H3. The molecule has 0 radical (unpaired) electrons. The van der Waals surface area contributed by atoms with Crippen molar-refractivity contribution < 1.29 is 5.11 Å². The third-order valence-corrected chi connectivity index (χ3v) is 3.19. The van der Waals surface area contributed by atoms with E-state index in [1.807, 2.05) is 30.1 Å². The highest BCUT2D eigenvalue weighted by molar-refractivity contribution is 6.30. The van der Waals surface area contributed by atoms with Crippen LogP contribution in [0.2, 0.25) is 5.15 Å². The number of hydrogen-bond acceptors (Lipinski definition) is 5. The van der Waals surface area contributed by atoms with Crippen LogP contribution in [0.1, 0.15) is 16.7 Å². The van der Waals surface area contributed by atoms with E-state index in [0.29, 0.717) is 23.5 Å². The number of nitriles is 1. The largest absolute Gasteiger partial charge is 0.391 e. The maximum absolute atomic E-state index is 9.36. The highest BCUT2D eigenvalue weighted by Crippen LogP contribution is 2.23. The second kappa shape index (κ2) is 6.33. The second-order valence-electron chi connectivity index (χ2n) is 4.29. The summed E-state index contributed by atoms with van der Waals surface area (Å²) in [5, 5.41) is 18.5. The molecule has 0 saturated carbocycles. The average molecular weight is 289 g/mol. The van der Waals surface area contributed by atoms with Gasteiger partial charge in [-0.05, 0) is 17.7 Å². The summed E-state index contributed by atoms with van der Waals surface area (Å²) >= 11 is 5.94. The number of anilines is 1. The van der Waals surface area contributed by atoms with E-state index < -0.39 is 0 Å². The van der Waals surface area contributed by atoms with Gasteiger partial charge in [0.25, 0.3) is 0 Å². The zero-order chi connectivity index (χ0) is 14.5. The van der Waals surface area contributed by atoms with Gasteiger partial charge in [0, 0.05) is 13.6 Å². The number of halogens is 1. The van der Waals surface area contributed by atoms with Gasteiger partial charge in [-0.3, -0.25) is 0 Å². The summed E-state index contributed by atoms with van der Waals surface area (Å²) in [6, 6.07) is 9.44. The van der Waals surface area contributed by atoms with Crippen molar-refractivity contribution in [1.82, 2.24) is 9.97 Å². The molecule has 0 unspecified atom stereocenters. The Morgan fingerprint density at radius 1 is 1.40 bits per heavy atom. The first kappa shape index (κ1) is 14.3. The van der Waals surface area contributed by atoms with Crippen LogP contribution in [-0.4, -0.2) is 22.1 Å². The quantitative estimate of drug-likeness (QED) is 0.873. The fourth-order valence-corrected chi connectivity index (χ4v) is 2.12. The van der Waals surface area contributed by atoms with E-state index in [-0.39, 0.29) is 11.8 Å². The van der Waals surface area contributed by atoms with Crippen LogP contribution in [0.4, 0.5) is 5.82 Å². The Balaban J connectivity index is 2.26. The molecule has 0 fully saturated rings. The molecule has 2 aromatic rings. The third kappa shape index (κ3) is 3.05. The summed E-state index contributed by atoms with van der Waals surface area (Å²) in [5.74, 6) is 0.579. The van der Waals surface area contributed by atoms with Gasteiger partial charge in [0.05, 0.1) is 23.8 Å². The van der Waals surface area contributed by atoms with Crippen molar-refractivity contribution >= 4 is 17.4 Å². The van der Waals surface area contributed by atoms with Crippen LogP contribution in [0.15, 0.2) is 30.6 Å². The molecule has 20 heavy (non-hydrogen) atoms. The zero-order valence-corrected chi connectivity index (χ0v) is 11.7. The minimum absolute atomic E-state index is 0.225. The van der Waals surface area contributed by atoms with Crippen LogP contribution >= 0.6 is 11.6 Å². The molecule has 0 aliphatic rings. The average Bonchev–Trinajstić information content (AvgIpc) is 2.47. The van der Waals surface area contributed by atoms with Crippen LogP contribution in [-0.2, 0) is 13.2 Å². The van der Waals surface area contributed by atoms with Gasteiger partial charge in [-0.15, -0.1) is 0 Å². The molecular formula is C14H13ClN4O. The predicted molar refractivity (Wildman–Crippen MR) is 76.2 cm³/mol. The molecule has 1 aromatic carbocycles. The Morgan fingerprint density at radius 2 is 2.20 bits per heavy atom. The Bertz CT molecular complexity index is 654. The molecule has 0 aliphatic carbocycles. The first-order valence-corrected chi connectivity index (χ1v) is 6.34. The molecule has 0 spiro atoms. The van der Waals surface area contributed by atoms with Gasteiger partial charge in [0.15, 0.2) is 0 Å². The van der Waals surface area contributed by atoms with Gasteiger partial charge in [0.2, 0.25) is 0 Å². The van der Waals surface area contributed by atoms with Crippen molar-refractivity contribution in [2.24, 2.45) is 0 Å². The molecule has 0 amide bonds. The number of rotatable bonds is 4. The van der Waals surface area contributed by atoms with E-state index in [9.17, 15) is 5.11 Å². The van der Waals surface area contributed by atoms with E-state index in [4.69, 9.17) is 16.9 Å². The lowest BCUT2D eigenvalue weighted by molar-refractivity contribution is 0.281. The summed E-state index contributed by atoms with van der Waals surface area (Å²) < 4.78 is 0. The molecule has 2 rings (SSSR count). The third-order valence-electron chi connectivity index (χ3n) is 2.87. The van der Waals surface area contributed by atoms with Crippen LogP contribution in [0, 0.1) is 11.3 Å². The number of aliphatic hydroxyl groups excluding tert-OH is 1. The van der Waals surface area contributed by atoms with Crippen LogP contribution in [0.25, 0.3) is 0 Å². The fraction of sp³-hybridized carbons (Fsp3) is 0.214. The van der Waals surface area contributed by atoms with Gasteiger partial charge in [-0.1, -0.05) is 23.7 Å². The highest BCUT2D eigenvalue weighted by Gasteiger charge is 2.13. The molecule has 0 atom stereocenters. The summed E-state index contributed by atoms with van der Waals surface area (Å²) in [6.45, 7) is 0.327. The van der Waals surface area contributed by atoms with Crippen molar-refractivity contribution in [3.05, 3.63) is 52.4 Å². The van der Waals surface area contributed by atoms with Crippen LogP contribution < -0.4 is 4.90 Å². The van der Waals surface area contributed by atoms with Crippen molar-refractivity contribution in [3.8, 4) is 6.07 Å².